The van der Waals surface area contributed by atoms with E-state index in [0.717, 1.165) is 19.3 Å². The molecule has 5 heteroatoms. The Morgan fingerprint density at radius 1 is 0.955 bits per heavy atom. The van der Waals surface area contributed by atoms with Gasteiger partial charge in [0.2, 0.25) is 5.91 Å². The second-order valence-electron chi connectivity index (χ2n) is 5.82. The van der Waals surface area contributed by atoms with Crippen LogP contribution in [0.3, 0.4) is 0 Å². The summed E-state index contributed by atoms with van der Waals surface area (Å²) >= 11 is 0. The molecular formula is C17H31NO4. The number of unbranched alkanes of at least 4 members (excludes halogenated alkanes) is 8. The number of hydrogen-bond acceptors (Lipinski definition) is 3. The molecule has 0 saturated carbocycles. The predicted octanol–water partition coefficient (Wildman–Crippen LogP) is 3.46. The second-order valence-corrected chi connectivity index (χ2v) is 5.82. The van der Waals surface area contributed by atoms with Gasteiger partial charge in [-0.1, -0.05) is 58.3 Å². The maximum absolute atomic E-state index is 11.6. The Hall–Kier alpha value is -1.39. The summed E-state index contributed by atoms with van der Waals surface area (Å²) in [5.74, 6) is -1.12. The van der Waals surface area contributed by atoms with Gasteiger partial charge >= 0.3 is 5.97 Å². The lowest BCUT2D eigenvalue weighted by molar-refractivity contribution is -0.137. The Kier molecular flexibility index (Phi) is 13.6. The zero-order valence-electron chi connectivity index (χ0n) is 13.8. The van der Waals surface area contributed by atoms with Gasteiger partial charge in [0.15, 0.2) is 0 Å². The van der Waals surface area contributed by atoms with Crippen LogP contribution >= 0.6 is 0 Å². The van der Waals surface area contributed by atoms with E-state index >= 15 is 0 Å². The van der Waals surface area contributed by atoms with Gasteiger partial charge < -0.3 is 15.2 Å². The highest BCUT2D eigenvalue weighted by molar-refractivity contribution is 5.79. The molecule has 0 spiro atoms. The van der Waals surface area contributed by atoms with Crippen LogP contribution in [-0.4, -0.2) is 29.3 Å². The van der Waals surface area contributed by atoms with Crippen molar-refractivity contribution in [1.29, 1.82) is 0 Å². The highest BCUT2D eigenvalue weighted by atomic mass is 16.4. The normalized spacial score (nSPS) is 11.9. The minimum Gasteiger partial charge on any atom is -0.481 e. The topological polar surface area (TPSA) is 83.5 Å². The van der Waals surface area contributed by atoms with E-state index in [9.17, 15) is 14.4 Å². The number of carbonyl (C=O) groups excluding carboxylic acids is 2. The number of carboxylic acids is 1. The monoisotopic (exact) mass is 313 g/mol. The average Bonchev–Trinajstić information content (AvgIpc) is 2.49. The molecule has 1 atom stereocenters. The van der Waals surface area contributed by atoms with Crippen LogP contribution in [0.1, 0.15) is 84.0 Å². The highest BCUT2D eigenvalue weighted by Gasteiger charge is 2.12. The molecule has 0 aliphatic heterocycles. The first-order valence-corrected chi connectivity index (χ1v) is 8.56. The van der Waals surface area contributed by atoms with Crippen molar-refractivity contribution in [3.8, 4) is 0 Å². The van der Waals surface area contributed by atoms with Crippen molar-refractivity contribution in [2.45, 2.75) is 90.0 Å². The molecule has 0 heterocycles. The molecule has 0 aliphatic rings. The van der Waals surface area contributed by atoms with Crippen LogP contribution in [0.25, 0.3) is 0 Å². The van der Waals surface area contributed by atoms with E-state index in [1.54, 1.807) is 0 Å². The molecule has 2 N–H and O–H groups in total. The van der Waals surface area contributed by atoms with E-state index in [4.69, 9.17) is 5.11 Å². The predicted molar refractivity (Wildman–Crippen MR) is 86.7 cm³/mol. The molecule has 0 bridgehead atoms. The van der Waals surface area contributed by atoms with Gasteiger partial charge in [-0.25, -0.2) is 0 Å². The summed E-state index contributed by atoms with van der Waals surface area (Å²) < 4.78 is 0. The van der Waals surface area contributed by atoms with Crippen molar-refractivity contribution in [2.24, 2.45) is 0 Å². The lowest BCUT2D eigenvalue weighted by atomic mass is 10.1. The van der Waals surface area contributed by atoms with E-state index in [0.29, 0.717) is 12.7 Å². The van der Waals surface area contributed by atoms with Crippen molar-refractivity contribution in [3.63, 3.8) is 0 Å². The zero-order valence-corrected chi connectivity index (χ0v) is 13.8. The van der Waals surface area contributed by atoms with Crippen LogP contribution in [0, 0.1) is 0 Å². The summed E-state index contributed by atoms with van der Waals surface area (Å²) in [6.07, 6.45) is 11.8. The molecule has 0 rings (SSSR count). The molecule has 0 unspecified atom stereocenters. The molecule has 0 aromatic carbocycles. The summed E-state index contributed by atoms with van der Waals surface area (Å²) in [6.45, 7) is 2.21. The van der Waals surface area contributed by atoms with Gasteiger partial charge in [0.1, 0.15) is 6.29 Å². The number of carboxylic acid groups (broad SMARTS) is 1. The molecule has 0 aromatic heterocycles. The van der Waals surface area contributed by atoms with E-state index in [-0.39, 0.29) is 18.7 Å². The maximum Gasteiger partial charge on any atom is 0.303 e. The van der Waals surface area contributed by atoms with Crippen molar-refractivity contribution < 1.29 is 19.5 Å². The summed E-state index contributed by atoms with van der Waals surface area (Å²) in [7, 11) is 0. The van der Waals surface area contributed by atoms with Crippen molar-refractivity contribution in [3.05, 3.63) is 0 Å². The minimum absolute atomic E-state index is 0.109. The third kappa shape index (κ3) is 13.6. The quantitative estimate of drug-likeness (QED) is 0.358. The molecule has 1 amide bonds. The lowest BCUT2D eigenvalue weighted by Gasteiger charge is -2.11. The van der Waals surface area contributed by atoms with Crippen LogP contribution in [0.2, 0.25) is 0 Å². The van der Waals surface area contributed by atoms with Crippen molar-refractivity contribution in [1.82, 2.24) is 5.32 Å². The van der Waals surface area contributed by atoms with Crippen molar-refractivity contribution in [2.75, 3.05) is 0 Å². The SMILES string of the molecule is CCCCCCCCCCCC(=O)N[C@@H](C=O)CCC(=O)O. The lowest BCUT2D eigenvalue weighted by Crippen LogP contribution is -2.36. The van der Waals surface area contributed by atoms with Gasteiger partial charge in [0, 0.05) is 12.8 Å². The first kappa shape index (κ1) is 20.6. The largest absolute Gasteiger partial charge is 0.481 e. The minimum atomic E-state index is -0.958. The molecule has 0 saturated heterocycles. The van der Waals surface area contributed by atoms with Crippen LogP contribution in [0.15, 0.2) is 0 Å². The first-order chi connectivity index (χ1) is 10.6. The molecule has 5 nitrogen and oxygen atoms in total. The standard InChI is InChI=1S/C17H31NO4/c1-2-3-4-5-6-7-8-9-10-11-16(20)18-15(14-19)12-13-17(21)22/h14-15H,2-13H2,1H3,(H,18,20)(H,21,22)/t15-/m1/s1. The summed E-state index contributed by atoms with van der Waals surface area (Å²) in [6, 6.07) is -0.679. The molecule has 0 aromatic rings. The fraction of sp³-hybridized carbons (Fsp3) is 0.824. The number of aliphatic carboxylic acids is 1. The van der Waals surface area contributed by atoms with Gasteiger partial charge in [0.05, 0.1) is 6.04 Å². The fourth-order valence-electron chi connectivity index (χ4n) is 2.33. The molecular weight excluding hydrogens is 282 g/mol. The number of rotatable bonds is 15. The average molecular weight is 313 g/mol. The van der Waals surface area contributed by atoms with Gasteiger partial charge in [-0.15, -0.1) is 0 Å². The highest BCUT2D eigenvalue weighted by Crippen LogP contribution is 2.10. The number of aldehydes is 1. The Morgan fingerprint density at radius 2 is 1.50 bits per heavy atom. The van der Waals surface area contributed by atoms with Gasteiger partial charge in [-0.05, 0) is 12.8 Å². The molecule has 22 heavy (non-hydrogen) atoms. The smallest absolute Gasteiger partial charge is 0.303 e. The Balaban J connectivity index is 3.51. The number of carbonyl (C=O) groups is 3. The number of hydrogen-bond donors (Lipinski definition) is 2. The van der Waals surface area contributed by atoms with Crippen LogP contribution in [-0.2, 0) is 14.4 Å². The van der Waals surface area contributed by atoms with Crippen molar-refractivity contribution >= 4 is 18.2 Å². The second kappa shape index (κ2) is 14.5. The van der Waals surface area contributed by atoms with E-state index in [1.807, 2.05) is 0 Å². The van der Waals surface area contributed by atoms with Crippen LogP contribution < -0.4 is 5.32 Å². The van der Waals surface area contributed by atoms with Gasteiger partial charge in [-0.3, -0.25) is 9.59 Å². The molecule has 0 aliphatic carbocycles. The Morgan fingerprint density at radius 3 is 2.00 bits per heavy atom. The molecule has 0 radical (unpaired) electrons. The summed E-state index contributed by atoms with van der Waals surface area (Å²) in [5, 5.41) is 11.1. The van der Waals surface area contributed by atoms with Gasteiger partial charge in [0.25, 0.3) is 0 Å². The molecule has 128 valence electrons. The van der Waals surface area contributed by atoms with Crippen LogP contribution in [0.5, 0.6) is 0 Å². The van der Waals surface area contributed by atoms with E-state index in [1.165, 1.54) is 38.5 Å². The Bertz CT molecular complexity index is 318. The van der Waals surface area contributed by atoms with E-state index in [2.05, 4.69) is 12.2 Å². The summed E-state index contributed by atoms with van der Waals surface area (Å²) in [5.41, 5.74) is 0. The third-order valence-corrected chi connectivity index (χ3v) is 3.69. The van der Waals surface area contributed by atoms with Gasteiger partial charge in [-0.2, -0.15) is 0 Å². The molecule has 0 fully saturated rings. The Labute approximate surface area is 133 Å². The van der Waals surface area contributed by atoms with Crippen LogP contribution in [0.4, 0.5) is 0 Å². The zero-order chi connectivity index (χ0) is 16.6. The number of nitrogens with one attached hydrogen (secondary N) is 1. The maximum atomic E-state index is 11.6. The number of amides is 1. The fourth-order valence-corrected chi connectivity index (χ4v) is 2.33. The first-order valence-electron chi connectivity index (χ1n) is 8.56. The van der Waals surface area contributed by atoms with E-state index < -0.39 is 12.0 Å². The third-order valence-electron chi connectivity index (χ3n) is 3.69. The summed E-state index contributed by atoms with van der Waals surface area (Å²) in [4.78, 5) is 32.8.